The van der Waals surface area contributed by atoms with Gasteiger partial charge in [0.1, 0.15) is 0 Å². The van der Waals surface area contributed by atoms with Gasteiger partial charge in [0.2, 0.25) is 16.0 Å². The maximum absolute atomic E-state index is 11.5. The van der Waals surface area contributed by atoms with Crippen LogP contribution in [0.2, 0.25) is 0 Å². The Bertz CT molecular complexity index is 1000. The van der Waals surface area contributed by atoms with Gasteiger partial charge < -0.3 is 5.32 Å². The van der Waals surface area contributed by atoms with Gasteiger partial charge in [-0.05, 0) is 17.5 Å². The summed E-state index contributed by atoms with van der Waals surface area (Å²) in [6.07, 6.45) is 1.87. The van der Waals surface area contributed by atoms with Crippen LogP contribution in [0.15, 0.2) is 60.7 Å². The summed E-state index contributed by atoms with van der Waals surface area (Å²) in [5.41, 5.74) is 2.26. The number of hydrogen-bond acceptors (Lipinski definition) is 5. The van der Waals surface area contributed by atoms with E-state index in [1.807, 2.05) is 48.5 Å². The SMILES string of the molecule is CS(=O)(=O)Nc1nc2n(n1)[C@H](c1ccccc1)C[C@@H](c1ccccc1)N2. The lowest BCUT2D eigenvalue weighted by molar-refractivity contribution is 0.431. The van der Waals surface area contributed by atoms with E-state index in [4.69, 9.17) is 0 Å². The monoisotopic (exact) mass is 369 g/mol. The number of benzene rings is 2. The van der Waals surface area contributed by atoms with E-state index in [1.54, 1.807) is 4.68 Å². The molecular weight excluding hydrogens is 350 g/mol. The van der Waals surface area contributed by atoms with Gasteiger partial charge in [-0.15, -0.1) is 5.10 Å². The number of nitrogens with one attached hydrogen (secondary N) is 2. The molecule has 2 atom stereocenters. The molecule has 4 rings (SSSR count). The lowest BCUT2D eigenvalue weighted by Gasteiger charge is -2.31. The van der Waals surface area contributed by atoms with Crippen molar-refractivity contribution in [3.63, 3.8) is 0 Å². The van der Waals surface area contributed by atoms with Gasteiger partial charge >= 0.3 is 0 Å². The first kappa shape index (κ1) is 16.6. The van der Waals surface area contributed by atoms with E-state index in [0.29, 0.717) is 5.95 Å². The number of fused-ring (bicyclic) bond motifs is 1. The van der Waals surface area contributed by atoms with Crippen molar-refractivity contribution in [3.8, 4) is 0 Å². The molecule has 0 aliphatic carbocycles. The van der Waals surface area contributed by atoms with Crippen molar-refractivity contribution in [2.24, 2.45) is 0 Å². The normalized spacial score (nSPS) is 19.4. The predicted molar refractivity (Wildman–Crippen MR) is 100 cm³/mol. The van der Waals surface area contributed by atoms with Crippen molar-refractivity contribution in [2.75, 3.05) is 16.3 Å². The fourth-order valence-electron chi connectivity index (χ4n) is 3.24. The number of aromatic nitrogens is 3. The molecule has 1 aliphatic rings. The number of anilines is 2. The van der Waals surface area contributed by atoms with Crippen LogP contribution in [-0.2, 0) is 10.0 Å². The molecule has 1 aliphatic heterocycles. The molecule has 0 bridgehead atoms. The average Bonchev–Trinajstić information content (AvgIpc) is 3.02. The second-order valence-corrected chi connectivity index (χ2v) is 8.10. The quantitative estimate of drug-likeness (QED) is 0.738. The van der Waals surface area contributed by atoms with E-state index >= 15 is 0 Å². The highest BCUT2D eigenvalue weighted by atomic mass is 32.2. The van der Waals surface area contributed by atoms with Crippen molar-refractivity contribution in [1.82, 2.24) is 14.8 Å². The van der Waals surface area contributed by atoms with Crippen LogP contribution in [0.1, 0.15) is 29.6 Å². The Hall–Kier alpha value is -2.87. The van der Waals surface area contributed by atoms with E-state index in [1.165, 1.54) is 0 Å². The highest BCUT2D eigenvalue weighted by Crippen LogP contribution is 2.38. The standard InChI is InChI=1S/C18H19N5O2S/c1-26(24,25)22-17-20-18-19-15(13-8-4-2-5-9-13)12-16(23(18)21-17)14-10-6-3-7-11-14/h2-11,15-16H,12H2,1H3,(H2,19,20,21,22)/t15-,16-/m0/s1. The van der Waals surface area contributed by atoms with Crippen molar-refractivity contribution in [2.45, 2.75) is 18.5 Å². The number of hydrogen-bond donors (Lipinski definition) is 2. The van der Waals surface area contributed by atoms with Crippen LogP contribution < -0.4 is 10.0 Å². The molecule has 0 fully saturated rings. The zero-order chi connectivity index (χ0) is 18.1. The summed E-state index contributed by atoms with van der Waals surface area (Å²) < 4.78 is 27.2. The van der Waals surface area contributed by atoms with Crippen LogP contribution >= 0.6 is 0 Å². The van der Waals surface area contributed by atoms with Crippen molar-refractivity contribution >= 4 is 21.9 Å². The van der Waals surface area contributed by atoms with E-state index in [2.05, 4.69) is 32.3 Å². The number of rotatable bonds is 4. The molecule has 26 heavy (non-hydrogen) atoms. The highest BCUT2D eigenvalue weighted by molar-refractivity contribution is 7.91. The Kier molecular flexibility index (Phi) is 4.12. The fourth-order valence-corrected chi connectivity index (χ4v) is 3.66. The molecule has 2 aromatic carbocycles. The molecule has 0 spiro atoms. The Morgan fingerprint density at radius 2 is 1.65 bits per heavy atom. The molecule has 0 unspecified atom stereocenters. The zero-order valence-electron chi connectivity index (χ0n) is 14.2. The van der Waals surface area contributed by atoms with E-state index in [9.17, 15) is 8.42 Å². The number of nitrogens with zero attached hydrogens (tertiary/aromatic N) is 3. The van der Waals surface area contributed by atoms with Gasteiger partial charge in [0.25, 0.3) is 5.95 Å². The summed E-state index contributed by atoms with van der Waals surface area (Å²) in [6.45, 7) is 0. The largest absolute Gasteiger partial charge is 0.347 e. The first-order valence-corrected chi connectivity index (χ1v) is 10.2. The Balaban J connectivity index is 1.76. The molecule has 7 nitrogen and oxygen atoms in total. The third-order valence-corrected chi connectivity index (χ3v) is 4.91. The van der Waals surface area contributed by atoms with Crippen LogP contribution in [0.5, 0.6) is 0 Å². The summed E-state index contributed by atoms with van der Waals surface area (Å²) in [6, 6.07) is 20.2. The molecule has 2 N–H and O–H groups in total. The molecule has 0 saturated heterocycles. The van der Waals surface area contributed by atoms with Crippen molar-refractivity contribution < 1.29 is 8.42 Å². The highest BCUT2D eigenvalue weighted by Gasteiger charge is 2.31. The first-order valence-electron chi connectivity index (χ1n) is 8.30. The minimum atomic E-state index is -3.44. The summed E-state index contributed by atoms with van der Waals surface area (Å²) in [4.78, 5) is 4.34. The van der Waals surface area contributed by atoms with Crippen molar-refractivity contribution in [1.29, 1.82) is 0 Å². The second kappa shape index (κ2) is 6.45. The maximum Gasteiger partial charge on any atom is 0.257 e. The number of sulfonamides is 1. The average molecular weight is 369 g/mol. The van der Waals surface area contributed by atoms with Gasteiger partial charge in [0.05, 0.1) is 18.3 Å². The second-order valence-electron chi connectivity index (χ2n) is 6.35. The van der Waals surface area contributed by atoms with Gasteiger partial charge in [0.15, 0.2) is 0 Å². The molecular formula is C18H19N5O2S. The predicted octanol–water partition coefficient (Wildman–Crippen LogP) is 2.80. The van der Waals surface area contributed by atoms with Crippen LogP contribution in [-0.4, -0.2) is 29.4 Å². The van der Waals surface area contributed by atoms with E-state index < -0.39 is 10.0 Å². The minimum absolute atomic E-state index is 0.0414. The lowest BCUT2D eigenvalue weighted by Crippen LogP contribution is -2.28. The van der Waals surface area contributed by atoms with Crippen LogP contribution in [0.4, 0.5) is 11.9 Å². The van der Waals surface area contributed by atoms with Gasteiger partial charge in [-0.1, -0.05) is 60.7 Å². The van der Waals surface area contributed by atoms with Crippen LogP contribution in [0.3, 0.4) is 0 Å². The molecule has 134 valence electrons. The molecule has 0 radical (unpaired) electrons. The molecule has 0 amide bonds. The first-order chi connectivity index (χ1) is 12.5. The summed E-state index contributed by atoms with van der Waals surface area (Å²) in [7, 11) is -3.44. The Morgan fingerprint density at radius 1 is 1.04 bits per heavy atom. The van der Waals surface area contributed by atoms with E-state index in [0.717, 1.165) is 23.8 Å². The molecule has 8 heteroatoms. The van der Waals surface area contributed by atoms with Crippen molar-refractivity contribution in [3.05, 3.63) is 71.8 Å². The molecule has 0 saturated carbocycles. The van der Waals surface area contributed by atoms with Crippen LogP contribution in [0, 0.1) is 0 Å². The topological polar surface area (TPSA) is 88.9 Å². The molecule has 3 aromatic rings. The third kappa shape index (κ3) is 3.41. The van der Waals surface area contributed by atoms with Crippen LogP contribution in [0.25, 0.3) is 0 Å². The van der Waals surface area contributed by atoms with Gasteiger partial charge in [-0.3, -0.25) is 4.72 Å². The fraction of sp³-hybridized carbons (Fsp3) is 0.222. The van der Waals surface area contributed by atoms with Gasteiger partial charge in [0, 0.05) is 0 Å². The summed E-state index contributed by atoms with van der Waals surface area (Å²) in [5, 5.41) is 7.75. The van der Waals surface area contributed by atoms with Gasteiger partial charge in [-0.2, -0.15) is 4.98 Å². The summed E-state index contributed by atoms with van der Waals surface area (Å²) >= 11 is 0. The zero-order valence-corrected chi connectivity index (χ0v) is 15.0. The minimum Gasteiger partial charge on any atom is -0.347 e. The maximum atomic E-state index is 11.5. The summed E-state index contributed by atoms with van der Waals surface area (Å²) in [5.74, 6) is 0.620. The smallest absolute Gasteiger partial charge is 0.257 e. The lowest BCUT2D eigenvalue weighted by atomic mass is 9.93. The Labute approximate surface area is 152 Å². The van der Waals surface area contributed by atoms with Gasteiger partial charge in [-0.25, -0.2) is 13.1 Å². The Morgan fingerprint density at radius 3 is 2.27 bits per heavy atom. The van der Waals surface area contributed by atoms with E-state index in [-0.39, 0.29) is 18.0 Å². The third-order valence-electron chi connectivity index (χ3n) is 4.35. The molecule has 2 heterocycles. The molecule has 1 aromatic heterocycles.